The number of thiazole rings is 1. The summed E-state index contributed by atoms with van der Waals surface area (Å²) < 4.78 is 4.91. The lowest BCUT2D eigenvalue weighted by Crippen LogP contribution is -2.03. The monoisotopic (exact) mass is 200 g/mol. The summed E-state index contributed by atoms with van der Waals surface area (Å²) >= 11 is 1.35. The molecule has 0 saturated carbocycles. The van der Waals surface area contributed by atoms with Crippen molar-refractivity contribution in [2.24, 2.45) is 0 Å². The van der Waals surface area contributed by atoms with Gasteiger partial charge in [0.2, 0.25) is 5.88 Å². The predicted molar refractivity (Wildman–Crippen MR) is 51.9 cm³/mol. The first-order chi connectivity index (χ1) is 6.00. The summed E-state index contributed by atoms with van der Waals surface area (Å²) in [6.07, 6.45) is 0. The average Bonchev–Trinajstić information content (AvgIpc) is 2.29. The second-order valence-corrected chi connectivity index (χ2v) is 4.03. The van der Waals surface area contributed by atoms with Gasteiger partial charge in [0.1, 0.15) is 0 Å². The van der Waals surface area contributed by atoms with Gasteiger partial charge in [-0.25, -0.2) is 0 Å². The summed E-state index contributed by atoms with van der Waals surface area (Å²) in [5.74, 6) is 0.251. The summed E-state index contributed by atoms with van der Waals surface area (Å²) in [6, 6.07) is 0. The van der Waals surface area contributed by atoms with Crippen LogP contribution in [-0.4, -0.2) is 11.0 Å². The smallest absolute Gasteiger partial charge is 0.309 e. The second kappa shape index (κ2) is 3.74. The van der Waals surface area contributed by atoms with E-state index in [1.807, 2.05) is 13.8 Å². The van der Waals surface area contributed by atoms with E-state index in [-0.39, 0.29) is 11.9 Å². The molecule has 13 heavy (non-hydrogen) atoms. The van der Waals surface area contributed by atoms with Crippen LogP contribution in [0.1, 0.15) is 31.6 Å². The standard InChI is InChI=1S/C8H12N2O2S/c1-4(2)6-7(12-5(3)11)10-8(9)13-6/h4H,1-3H3,(H2,9,10). The molecule has 2 N–H and O–H groups in total. The van der Waals surface area contributed by atoms with Gasteiger partial charge in [0.25, 0.3) is 0 Å². The Labute approximate surface area is 80.7 Å². The van der Waals surface area contributed by atoms with Crippen molar-refractivity contribution in [3.05, 3.63) is 4.88 Å². The number of hydrogen-bond acceptors (Lipinski definition) is 5. The maximum Gasteiger partial charge on any atom is 0.309 e. The molecule has 0 atom stereocenters. The lowest BCUT2D eigenvalue weighted by Gasteiger charge is -2.02. The molecule has 5 heteroatoms. The molecule has 4 nitrogen and oxygen atoms in total. The molecule has 0 aliphatic carbocycles. The molecule has 1 aromatic heterocycles. The Bertz CT molecular complexity index is 320. The van der Waals surface area contributed by atoms with Gasteiger partial charge >= 0.3 is 5.97 Å². The van der Waals surface area contributed by atoms with E-state index >= 15 is 0 Å². The van der Waals surface area contributed by atoms with Gasteiger partial charge < -0.3 is 10.5 Å². The van der Waals surface area contributed by atoms with Gasteiger partial charge in [-0.15, -0.1) is 0 Å². The average molecular weight is 200 g/mol. The van der Waals surface area contributed by atoms with Crippen LogP contribution in [0.2, 0.25) is 0 Å². The van der Waals surface area contributed by atoms with Crippen molar-refractivity contribution in [2.75, 3.05) is 5.73 Å². The Balaban J connectivity index is 2.97. The van der Waals surface area contributed by atoms with E-state index in [2.05, 4.69) is 4.98 Å². The normalized spacial score (nSPS) is 10.5. The van der Waals surface area contributed by atoms with Crippen molar-refractivity contribution in [2.45, 2.75) is 26.7 Å². The number of aromatic nitrogens is 1. The fraction of sp³-hybridized carbons (Fsp3) is 0.500. The molecule has 1 rings (SSSR count). The third-order valence-electron chi connectivity index (χ3n) is 1.40. The van der Waals surface area contributed by atoms with Gasteiger partial charge in [-0.2, -0.15) is 4.98 Å². The first-order valence-corrected chi connectivity index (χ1v) is 4.77. The predicted octanol–water partition coefficient (Wildman–Crippen LogP) is 1.77. The third kappa shape index (κ3) is 2.42. The van der Waals surface area contributed by atoms with E-state index in [1.165, 1.54) is 18.3 Å². The van der Waals surface area contributed by atoms with E-state index in [4.69, 9.17) is 10.5 Å². The molecule has 0 bridgehead atoms. The second-order valence-electron chi connectivity index (χ2n) is 2.97. The minimum atomic E-state index is -0.368. The highest BCUT2D eigenvalue weighted by Gasteiger charge is 2.15. The lowest BCUT2D eigenvalue weighted by molar-refractivity contribution is -0.132. The van der Waals surface area contributed by atoms with Crippen molar-refractivity contribution in [3.63, 3.8) is 0 Å². The summed E-state index contributed by atoms with van der Waals surface area (Å²) in [5.41, 5.74) is 5.51. The van der Waals surface area contributed by atoms with Crippen LogP contribution in [0.15, 0.2) is 0 Å². The Morgan fingerprint density at radius 1 is 1.62 bits per heavy atom. The summed E-state index contributed by atoms with van der Waals surface area (Å²) in [4.78, 5) is 15.5. The highest BCUT2D eigenvalue weighted by atomic mass is 32.1. The summed E-state index contributed by atoms with van der Waals surface area (Å²) in [7, 11) is 0. The van der Waals surface area contributed by atoms with Crippen LogP contribution in [0, 0.1) is 0 Å². The topological polar surface area (TPSA) is 65.2 Å². The largest absolute Gasteiger partial charge is 0.406 e. The number of carbonyl (C=O) groups is 1. The molecular weight excluding hydrogens is 188 g/mol. The maximum absolute atomic E-state index is 10.7. The quantitative estimate of drug-likeness (QED) is 0.739. The van der Waals surface area contributed by atoms with E-state index in [9.17, 15) is 4.79 Å². The fourth-order valence-corrected chi connectivity index (χ4v) is 1.67. The highest BCUT2D eigenvalue weighted by Crippen LogP contribution is 2.33. The molecule has 0 aliphatic heterocycles. The molecule has 0 saturated heterocycles. The molecule has 0 aromatic carbocycles. The van der Waals surface area contributed by atoms with E-state index in [0.717, 1.165) is 4.88 Å². The van der Waals surface area contributed by atoms with Crippen molar-refractivity contribution in [3.8, 4) is 5.88 Å². The van der Waals surface area contributed by atoms with Crippen LogP contribution in [-0.2, 0) is 4.79 Å². The van der Waals surface area contributed by atoms with Crippen LogP contribution < -0.4 is 10.5 Å². The van der Waals surface area contributed by atoms with Gasteiger partial charge in [-0.3, -0.25) is 4.79 Å². The molecule has 0 aliphatic rings. The van der Waals surface area contributed by atoms with Crippen LogP contribution in [0.25, 0.3) is 0 Å². The molecule has 0 radical (unpaired) electrons. The van der Waals surface area contributed by atoms with E-state index < -0.39 is 0 Å². The van der Waals surface area contributed by atoms with Gasteiger partial charge in [0, 0.05) is 6.92 Å². The van der Waals surface area contributed by atoms with Gasteiger partial charge in [-0.1, -0.05) is 25.2 Å². The van der Waals surface area contributed by atoms with Crippen LogP contribution >= 0.6 is 11.3 Å². The molecule has 0 spiro atoms. The lowest BCUT2D eigenvalue weighted by atomic mass is 10.2. The number of hydrogen-bond donors (Lipinski definition) is 1. The molecule has 1 heterocycles. The molecule has 0 fully saturated rings. The van der Waals surface area contributed by atoms with Crippen molar-refractivity contribution < 1.29 is 9.53 Å². The minimum Gasteiger partial charge on any atom is -0.406 e. The molecule has 0 amide bonds. The summed E-state index contributed by atoms with van der Waals surface area (Å²) in [5, 5.41) is 0.431. The Morgan fingerprint density at radius 3 is 2.69 bits per heavy atom. The van der Waals surface area contributed by atoms with Crippen LogP contribution in [0.5, 0.6) is 5.88 Å². The SMILES string of the molecule is CC(=O)Oc1nc(N)sc1C(C)C. The zero-order chi connectivity index (χ0) is 10.0. The first-order valence-electron chi connectivity index (χ1n) is 3.95. The number of esters is 1. The number of ether oxygens (including phenoxy) is 1. The zero-order valence-electron chi connectivity index (χ0n) is 7.83. The van der Waals surface area contributed by atoms with Crippen molar-refractivity contribution in [1.29, 1.82) is 0 Å². The Kier molecular flexibility index (Phi) is 2.87. The number of nitrogens with zero attached hydrogens (tertiary/aromatic N) is 1. The molecule has 1 aromatic rings. The number of nitrogen functional groups attached to an aromatic ring is 1. The first kappa shape index (κ1) is 9.98. The van der Waals surface area contributed by atoms with Gasteiger partial charge in [-0.05, 0) is 5.92 Å². The molecule has 72 valence electrons. The van der Waals surface area contributed by atoms with Crippen LogP contribution in [0.3, 0.4) is 0 Å². The Hall–Kier alpha value is -1.10. The number of carbonyl (C=O) groups excluding carboxylic acids is 1. The maximum atomic E-state index is 10.7. The molecular formula is C8H12N2O2S. The highest BCUT2D eigenvalue weighted by molar-refractivity contribution is 7.15. The van der Waals surface area contributed by atoms with Crippen LogP contribution in [0.4, 0.5) is 5.13 Å². The Morgan fingerprint density at radius 2 is 2.23 bits per heavy atom. The van der Waals surface area contributed by atoms with Gasteiger partial charge in [0.05, 0.1) is 4.88 Å². The number of anilines is 1. The van der Waals surface area contributed by atoms with Crippen molar-refractivity contribution >= 4 is 22.4 Å². The fourth-order valence-electron chi connectivity index (χ4n) is 0.908. The number of rotatable bonds is 2. The third-order valence-corrected chi connectivity index (χ3v) is 2.57. The summed E-state index contributed by atoms with van der Waals surface area (Å²) in [6.45, 7) is 5.35. The molecule has 0 unspecified atom stereocenters. The van der Waals surface area contributed by atoms with Gasteiger partial charge in [0.15, 0.2) is 5.13 Å². The minimum absolute atomic E-state index is 0.268. The van der Waals surface area contributed by atoms with Crippen molar-refractivity contribution in [1.82, 2.24) is 4.98 Å². The van der Waals surface area contributed by atoms with E-state index in [0.29, 0.717) is 11.0 Å². The zero-order valence-corrected chi connectivity index (χ0v) is 8.64. The number of nitrogens with two attached hydrogens (primary N) is 1. The van der Waals surface area contributed by atoms with E-state index in [1.54, 1.807) is 0 Å².